The number of benzene rings is 2. The lowest BCUT2D eigenvalue weighted by Gasteiger charge is -2.42. The highest BCUT2D eigenvalue weighted by Crippen LogP contribution is 2.42. The van der Waals surface area contributed by atoms with Crippen LogP contribution in [0.3, 0.4) is 0 Å². The van der Waals surface area contributed by atoms with Crippen molar-refractivity contribution in [3.05, 3.63) is 64.7 Å². The highest BCUT2D eigenvalue weighted by Gasteiger charge is 2.50. The van der Waals surface area contributed by atoms with Crippen molar-refractivity contribution in [3.63, 3.8) is 0 Å². The van der Waals surface area contributed by atoms with Crippen LogP contribution in [0.5, 0.6) is 0 Å². The maximum atomic E-state index is 13.7. The fraction of sp³-hybridized carbons (Fsp3) is 0.375. The number of carbonyl (C=O) groups excluding carboxylic acids is 1. The summed E-state index contributed by atoms with van der Waals surface area (Å²) >= 11 is 0. The fourth-order valence-electron chi connectivity index (χ4n) is 3.98. The summed E-state index contributed by atoms with van der Waals surface area (Å²) < 4.78 is 51.8. The number of hydrogen-bond donors (Lipinski definition) is 1. The predicted molar refractivity (Wildman–Crippen MR) is 111 cm³/mol. The van der Waals surface area contributed by atoms with Crippen molar-refractivity contribution in [2.24, 2.45) is 0 Å². The maximum absolute atomic E-state index is 13.7. The van der Waals surface area contributed by atoms with Gasteiger partial charge in [-0.3, -0.25) is 4.79 Å². The molecule has 1 heterocycles. The Labute approximate surface area is 179 Å². The zero-order valence-corrected chi connectivity index (χ0v) is 18.1. The summed E-state index contributed by atoms with van der Waals surface area (Å²) in [5, 5.41) is 10.9. The van der Waals surface area contributed by atoms with Crippen molar-refractivity contribution in [2.75, 3.05) is 13.7 Å². The topological polar surface area (TPSA) is 55.8 Å². The number of aryl methyl sites for hydroxylation is 1. The van der Waals surface area contributed by atoms with Crippen molar-refractivity contribution in [2.45, 2.75) is 45.3 Å². The second-order valence-corrected chi connectivity index (χ2v) is 8.31. The van der Waals surface area contributed by atoms with E-state index < -0.39 is 34.4 Å². The molecule has 0 aromatic heterocycles. The molecule has 0 bridgehead atoms. The van der Waals surface area contributed by atoms with Gasteiger partial charge in [-0.25, -0.2) is 13.2 Å². The standard InChI is InChI=1S/C24H25F3O4/c1-6-13-9-14(15-10-17(25)20(27)18(26)11-15)7-8-16(13)19-21(28)23(2,3)31-24(4,12-30-5)22(19)29/h7-11,28H,6,12H2,1-5H3. The molecule has 0 fully saturated rings. The Hall–Kier alpha value is -2.64. The Balaban J connectivity index is 2.18. The van der Waals surface area contributed by atoms with Crippen LogP contribution < -0.4 is 0 Å². The molecular weight excluding hydrogens is 409 g/mol. The minimum Gasteiger partial charge on any atom is -0.508 e. The molecule has 166 valence electrons. The molecule has 1 aliphatic heterocycles. The molecule has 3 rings (SSSR count). The largest absolute Gasteiger partial charge is 0.508 e. The van der Waals surface area contributed by atoms with E-state index in [9.17, 15) is 23.1 Å². The molecule has 0 saturated heterocycles. The van der Waals surface area contributed by atoms with E-state index in [0.717, 1.165) is 12.1 Å². The summed E-state index contributed by atoms with van der Waals surface area (Å²) in [5.74, 6) is -4.72. The third-order valence-electron chi connectivity index (χ3n) is 5.49. The molecule has 1 aliphatic rings. The molecule has 0 radical (unpaired) electrons. The third kappa shape index (κ3) is 4.00. The van der Waals surface area contributed by atoms with Gasteiger partial charge in [0.25, 0.3) is 0 Å². The summed E-state index contributed by atoms with van der Waals surface area (Å²) in [5.41, 5.74) is -0.521. The van der Waals surface area contributed by atoms with Crippen LogP contribution in [-0.4, -0.2) is 35.8 Å². The van der Waals surface area contributed by atoms with Gasteiger partial charge in [0, 0.05) is 7.11 Å². The minimum absolute atomic E-state index is 0.000279. The third-order valence-corrected chi connectivity index (χ3v) is 5.49. The Bertz CT molecular complexity index is 1050. The Morgan fingerprint density at radius 2 is 1.65 bits per heavy atom. The number of Topliss-reactive ketones (excluding diaryl/α,β-unsaturated/α-hetero) is 1. The molecule has 0 aliphatic carbocycles. The van der Waals surface area contributed by atoms with E-state index in [0.29, 0.717) is 23.1 Å². The summed E-state index contributed by atoms with van der Waals surface area (Å²) in [7, 11) is 1.46. The molecule has 4 nitrogen and oxygen atoms in total. The predicted octanol–water partition coefficient (Wildman–Crippen LogP) is 5.39. The second-order valence-electron chi connectivity index (χ2n) is 8.31. The van der Waals surface area contributed by atoms with Gasteiger partial charge in [0.05, 0.1) is 12.2 Å². The molecule has 1 atom stereocenters. The first-order valence-electron chi connectivity index (χ1n) is 9.91. The lowest BCUT2D eigenvalue weighted by Crippen LogP contribution is -2.53. The van der Waals surface area contributed by atoms with E-state index in [2.05, 4.69) is 0 Å². The Kier molecular flexibility index (Phi) is 6.04. The van der Waals surface area contributed by atoms with Crippen molar-refractivity contribution in [1.29, 1.82) is 0 Å². The Morgan fingerprint density at radius 3 is 2.19 bits per heavy atom. The van der Waals surface area contributed by atoms with Crippen molar-refractivity contribution in [1.82, 2.24) is 0 Å². The maximum Gasteiger partial charge on any atom is 0.200 e. The number of halogens is 3. The van der Waals surface area contributed by atoms with Crippen LogP contribution in [0.1, 0.15) is 38.8 Å². The lowest BCUT2D eigenvalue weighted by atomic mass is 9.80. The summed E-state index contributed by atoms with van der Waals surface area (Å²) in [4.78, 5) is 13.3. The molecule has 2 aromatic carbocycles. The normalized spacial score (nSPS) is 21.0. The van der Waals surface area contributed by atoms with Gasteiger partial charge in [0.15, 0.2) is 23.1 Å². The van der Waals surface area contributed by atoms with E-state index in [1.165, 1.54) is 7.11 Å². The van der Waals surface area contributed by atoms with Crippen molar-refractivity contribution < 1.29 is 32.5 Å². The number of ketones is 1. The van der Waals surface area contributed by atoms with Crippen molar-refractivity contribution >= 4 is 11.4 Å². The molecule has 0 spiro atoms. The number of methoxy groups -OCH3 is 1. The van der Waals surface area contributed by atoms with E-state index in [-0.39, 0.29) is 23.5 Å². The molecule has 0 saturated carbocycles. The first-order chi connectivity index (χ1) is 14.4. The van der Waals surface area contributed by atoms with E-state index in [4.69, 9.17) is 9.47 Å². The van der Waals surface area contributed by atoms with Crippen LogP contribution in [0.4, 0.5) is 13.2 Å². The summed E-state index contributed by atoms with van der Waals surface area (Å²) in [6.45, 7) is 6.78. The molecule has 1 N–H and O–H groups in total. The fourth-order valence-corrected chi connectivity index (χ4v) is 3.98. The molecule has 7 heteroatoms. The molecular formula is C24H25F3O4. The van der Waals surface area contributed by atoms with Gasteiger partial charge in [-0.05, 0) is 61.6 Å². The number of ether oxygens (including phenoxy) is 2. The Morgan fingerprint density at radius 1 is 1.03 bits per heavy atom. The van der Waals surface area contributed by atoms with Crippen LogP contribution in [0.15, 0.2) is 36.1 Å². The summed E-state index contributed by atoms with van der Waals surface area (Å²) in [6.07, 6.45) is 0.474. The molecule has 1 unspecified atom stereocenters. The van der Waals surface area contributed by atoms with Crippen LogP contribution in [0.2, 0.25) is 0 Å². The number of aliphatic hydroxyl groups is 1. The zero-order chi connectivity index (χ0) is 23.1. The molecule has 0 amide bonds. The van der Waals surface area contributed by atoms with Gasteiger partial charge >= 0.3 is 0 Å². The van der Waals surface area contributed by atoms with Gasteiger partial charge < -0.3 is 14.6 Å². The zero-order valence-electron chi connectivity index (χ0n) is 18.1. The number of hydrogen-bond acceptors (Lipinski definition) is 4. The SMILES string of the molecule is CCc1cc(-c2cc(F)c(F)c(F)c2)ccc1C1=C(O)C(C)(C)OC(C)(COC)C1=O. The highest BCUT2D eigenvalue weighted by molar-refractivity contribution is 6.26. The first-order valence-corrected chi connectivity index (χ1v) is 9.91. The monoisotopic (exact) mass is 434 g/mol. The van der Waals surface area contributed by atoms with E-state index in [1.54, 1.807) is 39.0 Å². The van der Waals surface area contributed by atoms with Crippen LogP contribution in [0.25, 0.3) is 16.7 Å². The number of aliphatic hydroxyl groups excluding tert-OH is 1. The average molecular weight is 434 g/mol. The van der Waals surface area contributed by atoms with Gasteiger partial charge in [-0.15, -0.1) is 0 Å². The summed E-state index contributed by atoms with van der Waals surface area (Å²) in [6, 6.07) is 6.70. The van der Waals surface area contributed by atoms with E-state index >= 15 is 0 Å². The van der Waals surface area contributed by atoms with Gasteiger partial charge in [0.1, 0.15) is 11.4 Å². The van der Waals surface area contributed by atoms with Gasteiger partial charge in [0.2, 0.25) is 5.78 Å². The smallest absolute Gasteiger partial charge is 0.200 e. The highest BCUT2D eigenvalue weighted by atomic mass is 19.2. The van der Waals surface area contributed by atoms with Crippen LogP contribution in [-0.2, 0) is 20.7 Å². The number of carbonyl (C=O) groups is 1. The second kappa shape index (κ2) is 8.13. The van der Waals surface area contributed by atoms with Crippen molar-refractivity contribution in [3.8, 4) is 11.1 Å². The number of rotatable bonds is 5. The molecule has 2 aromatic rings. The van der Waals surface area contributed by atoms with E-state index in [1.807, 2.05) is 6.92 Å². The van der Waals surface area contributed by atoms with Crippen LogP contribution >= 0.6 is 0 Å². The van der Waals surface area contributed by atoms with Gasteiger partial charge in [-0.2, -0.15) is 0 Å². The lowest BCUT2D eigenvalue weighted by molar-refractivity contribution is -0.173. The average Bonchev–Trinajstić information content (AvgIpc) is 2.70. The van der Waals surface area contributed by atoms with Gasteiger partial charge in [-0.1, -0.05) is 25.1 Å². The minimum atomic E-state index is -1.53. The van der Waals surface area contributed by atoms with Crippen LogP contribution in [0, 0.1) is 17.5 Å². The first kappa shape index (κ1) is 23.0. The quantitative estimate of drug-likeness (QED) is 0.642. The molecule has 31 heavy (non-hydrogen) atoms.